The molecule has 67 heavy (non-hydrogen) atoms. The van der Waals surface area contributed by atoms with E-state index in [0.717, 1.165) is 44.7 Å². The van der Waals surface area contributed by atoms with Crippen LogP contribution in [0.5, 0.6) is 0 Å². The van der Waals surface area contributed by atoms with Crippen molar-refractivity contribution in [2.24, 2.45) is 0 Å². The van der Waals surface area contributed by atoms with Crippen LogP contribution in [0.15, 0.2) is 170 Å². The highest BCUT2D eigenvalue weighted by Gasteiger charge is 2.37. The van der Waals surface area contributed by atoms with Crippen LogP contribution in [0, 0.1) is 13.8 Å². The summed E-state index contributed by atoms with van der Waals surface area (Å²) in [6.45, 7) is 13.9. The van der Waals surface area contributed by atoms with Crippen molar-refractivity contribution in [2.75, 3.05) is 0 Å². The van der Waals surface area contributed by atoms with Gasteiger partial charge >= 0.3 is 0 Å². The lowest BCUT2D eigenvalue weighted by Crippen LogP contribution is -2.14. The van der Waals surface area contributed by atoms with Crippen molar-refractivity contribution >= 4 is 66.4 Å². The number of aromatic nitrogens is 4. The lowest BCUT2D eigenvalue weighted by atomic mass is 9.82. The fourth-order valence-corrected chi connectivity index (χ4v) is 12.9. The SMILES string of the molecule is Cc1c(C)c(-c2ccc(-n3c4ccccc4c4cc5c(cc43)-c3ccccc3C5(C)C)cc2)c2nsnc2c1-c1ccc(-n2c3ccccc3c3cc4c(cc32)-c2ccccc2C4(C)C)cc1. The van der Waals surface area contributed by atoms with Crippen molar-refractivity contribution in [2.45, 2.75) is 52.4 Å². The predicted octanol–water partition coefficient (Wildman–Crippen LogP) is 16.4. The van der Waals surface area contributed by atoms with Crippen LogP contribution in [0.2, 0.25) is 0 Å². The molecule has 320 valence electrons. The van der Waals surface area contributed by atoms with Crippen molar-refractivity contribution in [1.82, 2.24) is 17.9 Å². The molecule has 0 atom stereocenters. The minimum Gasteiger partial charge on any atom is -0.309 e. The molecule has 0 aliphatic heterocycles. The molecule has 0 unspecified atom stereocenters. The van der Waals surface area contributed by atoms with Crippen LogP contribution in [0.4, 0.5) is 0 Å². The van der Waals surface area contributed by atoms with Gasteiger partial charge in [-0.1, -0.05) is 137 Å². The van der Waals surface area contributed by atoms with Crippen molar-refractivity contribution in [3.8, 4) is 55.9 Å². The average Bonchev–Trinajstić information content (AvgIpc) is 4.14. The zero-order chi connectivity index (χ0) is 45.1. The first-order chi connectivity index (χ1) is 32.6. The molecule has 2 aliphatic carbocycles. The first kappa shape index (κ1) is 38.6. The molecule has 0 fully saturated rings. The normalized spacial score (nSPS) is 14.4. The summed E-state index contributed by atoms with van der Waals surface area (Å²) in [4.78, 5) is 0. The van der Waals surface area contributed by atoms with Gasteiger partial charge in [-0.15, -0.1) is 0 Å². The van der Waals surface area contributed by atoms with E-state index in [2.05, 4.69) is 221 Å². The Morgan fingerprint density at radius 2 is 0.761 bits per heavy atom. The number of fused-ring (bicyclic) bond motifs is 13. The Bertz CT molecular complexity index is 3840. The lowest BCUT2D eigenvalue weighted by molar-refractivity contribution is 0.661. The van der Waals surface area contributed by atoms with Gasteiger partial charge in [0.05, 0.1) is 33.8 Å². The van der Waals surface area contributed by atoms with Crippen LogP contribution < -0.4 is 0 Å². The van der Waals surface area contributed by atoms with E-state index in [9.17, 15) is 0 Å². The molecule has 14 rings (SSSR count). The Hall–Kier alpha value is -7.60. The van der Waals surface area contributed by atoms with Crippen LogP contribution in [-0.4, -0.2) is 17.9 Å². The average molecular weight is 879 g/mol. The summed E-state index contributed by atoms with van der Waals surface area (Å²) in [7, 11) is 0. The van der Waals surface area contributed by atoms with Crippen LogP contribution in [0.1, 0.15) is 61.1 Å². The molecule has 0 radical (unpaired) electrons. The monoisotopic (exact) mass is 878 g/mol. The van der Waals surface area contributed by atoms with Crippen LogP contribution in [-0.2, 0) is 10.8 Å². The fraction of sp³-hybridized carbons (Fsp3) is 0.129. The Labute approximate surface area is 393 Å². The first-order valence-corrected chi connectivity index (χ1v) is 24.1. The van der Waals surface area contributed by atoms with Gasteiger partial charge in [-0.05, 0) is 141 Å². The maximum absolute atomic E-state index is 5.00. The molecule has 0 saturated carbocycles. The first-order valence-electron chi connectivity index (χ1n) is 23.4. The minimum absolute atomic E-state index is 0.0597. The highest BCUT2D eigenvalue weighted by molar-refractivity contribution is 7.00. The van der Waals surface area contributed by atoms with E-state index in [0.29, 0.717) is 0 Å². The van der Waals surface area contributed by atoms with E-state index < -0.39 is 0 Å². The largest absolute Gasteiger partial charge is 0.309 e. The summed E-state index contributed by atoms with van der Waals surface area (Å²) < 4.78 is 14.9. The van der Waals surface area contributed by atoms with Crippen molar-refractivity contribution in [1.29, 1.82) is 0 Å². The summed E-state index contributed by atoms with van der Waals surface area (Å²) in [6, 6.07) is 63.5. The summed E-state index contributed by atoms with van der Waals surface area (Å²) in [5, 5.41) is 5.13. The maximum Gasteiger partial charge on any atom is 0.113 e. The molecule has 2 aliphatic rings. The van der Waals surface area contributed by atoms with Gasteiger partial charge < -0.3 is 9.13 Å². The van der Waals surface area contributed by atoms with E-state index in [1.54, 1.807) is 0 Å². The number of benzene rings is 9. The molecule has 4 nitrogen and oxygen atoms in total. The molecule has 0 amide bonds. The van der Waals surface area contributed by atoms with Gasteiger partial charge in [0.15, 0.2) is 0 Å². The van der Waals surface area contributed by atoms with E-state index >= 15 is 0 Å². The Balaban J connectivity index is 0.862. The number of hydrogen-bond donors (Lipinski definition) is 0. The Morgan fingerprint density at radius 1 is 0.373 bits per heavy atom. The number of rotatable bonds is 4. The second kappa shape index (κ2) is 13.5. The molecule has 9 aromatic carbocycles. The third-order valence-electron chi connectivity index (χ3n) is 15.9. The zero-order valence-electron chi connectivity index (χ0n) is 38.4. The standard InChI is InChI=1S/C62H46N4S/c1-35-36(2)58(38-25-29-40(30-26-38)66-54-22-14-10-18-44(54)48-32-52-46(34-56(48)66)42-16-8-12-20-50(42)62(52,5)6)60-59(63-67-64-60)57(35)37-23-27-39(28-24-37)65-53-21-13-9-17-43(53)47-31-51-45(33-55(47)65)41-15-7-11-19-49(41)61(51,3)4/h7-34H,1-6H3. The van der Waals surface area contributed by atoms with Crippen molar-refractivity contribution in [3.05, 3.63) is 203 Å². The number of para-hydroxylation sites is 2. The number of nitrogens with zero attached hydrogens (tertiary/aromatic N) is 4. The van der Waals surface area contributed by atoms with Gasteiger partial charge in [-0.3, -0.25) is 0 Å². The second-order valence-electron chi connectivity index (χ2n) is 19.9. The maximum atomic E-state index is 5.00. The van der Waals surface area contributed by atoms with Gasteiger partial charge in [0.25, 0.3) is 0 Å². The summed E-state index contributed by atoms with van der Waals surface area (Å²) in [5.41, 5.74) is 26.9. The smallest absolute Gasteiger partial charge is 0.113 e. The fourth-order valence-electron chi connectivity index (χ4n) is 12.4. The Kier molecular flexibility index (Phi) is 7.79. The summed E-state index contributed by atoms with van der Waals surface area (Å²) in [6.07, 6.45) is 0. The Morgan fingerprint density at radius 3 is 1.19 bits per heavy atom. The van der Waals surface area contributed by atoms with E-state index in [1.807, 2.05) is 0 Å². The number of hydrogen-bond acceptors (Lipinski definition) is 3. The van der Waals surface area contributed by atoms with Crippen molar-refractivity contribution in [3.63, 3.8) is 0 Å². The lowest BCUT2D eigenvalue weighted by Gasteiger charge is -2.21. The van der Waals surface area contributed by atoms with Gasteiger partial charge in [-0.25, -0.2) is 0 Å². The molecule has 3 heterocycles. The molecule has 5 heteroatoms. The van der Waals surface area contributed by atoms with Crippen LogP contribution >= 0.6 is 11.7 Å². The molecule has 0 spiro atoms. The highest BCUT2D eigenvalue weighted by atomic mass is 32.1. The van der Waals surface area contributed by atoms with E-state index in [1.165, 1.54) is 111 Å². The molecule has 12 aromatic rings. The molecule has 0 N–H and O–H groups in total. The van der Waals surface area contributed by atoms with E-state index in [4.69, 9.17) is 8.75 Å². The molecular weight excluding hydrogens is 833 g/mol. The molecule has 3 aromatic heterocycles. The van der Waals surface area contributed by atoms with Gasteiger partial charge in [0.2, 0.25) is 0 Å². The summed E-state index contributed by atoms with van der Waals surface area (Å²) >= 11 is 1.30. The van der Waals surface area contributed by atoms with E-state index in [-0.39, 0.29) is 10.8 Å². The van der Waals surface area contributed by atoms with Crippen LogP contribution in [0.3, 0.4) is 0 Å². The minimum atomic E-state index is -0.0597. The predicted molar refractivity (Wildman–Crippen MR) is 282 cm³/mol. The highest BCUT2D eigenvalue weighted by Crippen LogP contribution is 2.53. The van der Waals surface area contributed by atoms with Gasteiger partial charge in [0, 0.05) is 54.9 Å². The molecule has 0 saturated heterocycles. The third-order valence-corrected chi connectivity index (χ3v) is 16.4. The molecular formula is C62H46N4S. The van der Waals surface area contributed by atoms with Crippen LogP contribution in [0.25, 0.3) is 111 Å². The molecule has 0 bridgehead atoms. The van der Waals surface area contributed by atoms with Gasteiger partial charge in [0.1, 0.15) is 11.0 Å². The third kappa shape index (κ3) is 5.12. The second-order valence-corrected chi connectivity index (χ2v) is 20.5. The summed E-state index contributed by atoms with van der Waals surface area (Å²) in [5.74, 6) is 0. The zero-order valence-corrected chi connectivity index (χ0v) is 39.2. The topological polar surface area (TPSA) is 35.6 Å². The van der Waals surface area contributed by atoms with Crippen molar-refractivity contribution < 1.29 is 0 Å². The quantitative estimate of drug-likeness (QED) is 0.177. The van der Waals surface area contributed by atoms with Gasteiger partial charge in [-0.2, -0.15) is 8.75 Å².